The number of para-hydroxylation sites is 1. The number of methoxy groups -OCH3 is 1. The van der Waals surface area contributed by atoms with Crippen LogP contribution in [0.1, 0.15) is 35.5 Å². The maximum absolute atomic E-state index is 6.42. The predicted molar refractivity (Wildman–Crippen MR) is 83.7 cm³/mol. The van der Waals surface area contributed by atoms with Crippen LogP contribution in [-0.2, 0) is 11.2 Å². The number of hydrogen-bond donors (Lipinski definition) is 1. The van der Waals surface area contributed by atoms with Crippen molar-refractivity contribution in [2.45, 2.75) is 25.8 Å². The molecule has 2 N–H and O–H groups in total. The lowest BCUT2D eigenvalue weighted by Gasteiger charge is -2.16. The van der Waals surface area contributed by atoms with Gasteiger partial charge in [-0.1, -0.05) is 36.0 Å². The second-order valence-corrected chi connectivity index (χ2v) is 5.48. The molecule has 0 saturated heterocycles. The van der Waals surface area contributed by atoms with E-state index in [1.54, 1.807) is 7.11 Å². The summed E-state index contributed by atoms with van der Waals surface area (Å²) >= 11 is 1.36. The van der Waals surface area contributed by atoms with Crippen LogP contribution >= 0.6 is 11.5 Å². The normalized spacial score (nSPS) is 12.3. The predicted octanol–water partition coefficient (Wildman–Crippen LogP) is 2.56. The van der Waals surface area contributed by atoms with E-state index in [1.165, 1.54) is 11.5 Å². The standard InChI is InChI=1S/C15H21N3O2S/c1-3-6-12-15(21-18-17-12)14(16)11-7-4-5-8-13(11)20-10-9-19-2/h4-5,7-8,14H,3,6,9-10,16H2,1-2H3. The zero-order valence-electron chi connectivity index (χ0n) is 12.4. The monoisotopic (exact) mass is 307 g/mol. The van der Waals surface area contributed by atoms with Crippen molar-refractivity contribution in [1.29, 1.82) is 0 Å². The van der Waals surface area contributed by atoms with Crippen molar-refractivity contribution < 1.29 is 9.47 Å². The van der Waals surface area contributed by atoms with E-state index in [9.17, 15) is 0 Å². The van der Waals surface area contributed by atoms with Gasteiger partial charge in [0.15, 0.2) is 0 Å². The average Bonchev–Trinajstić information content (AvgIpc) is 2.96. The van der Waals surface area contributed by atoms with Gasteiger partial charge in [0.05, 0.1) is 23.2 Å². The number of aromatic nitrogens is 2. The lowest BCUT2D eigenvalue weighted by molar-refractivity contribution is 0.145. The van der Waals surface area contributed by atoms with Gasteiger partial charge >= 0.3 is 0 Å². The Morgan fingerprint density at radius 1 is 1.29 bits per heavy atom. The molecule has 2 aromatic rings. The van der Waals surface area contributed by atoms with E-state index in [2.05, 4.69) is 16.5 Å². The highest BCUT2D eigenvalue weighted by molar-refractivity contribution is 7.05. The minimum absolute atomic E-state index is 0.259. The summed E-state index contributed by atoms with van der Waals surface area (Å²) in [5.41, 5.74) is 8.36. The maximum atomic E-state index is 6.42. The third-order valence-corrected chi connectivity index (χ3v) is 4.00. The SMILES string of the molecule is CCCc1nnsc1C(N)c1ccccc1OCCOC. The van der Waals surface area contributed by atoms with Crippen LogP contribution in [0.25, 0.3) is 0 Å². The van der Waals surface area contributed by atoms with Crippen molar-refractivity contribution in [3.63, 3.8) is 0 Å². The zero-order valence-corrected chi connectivity index (χ0v) is 13.2. The number of nitrogens with two attached hydrogens (primary N) is 1. The van der Waals surface area contributed by atoms with Crippen molar-refractivity contribution in [2.24, 2.45) is 5.73 Å². The number of nitrogens with zero attached hydrogens (tertiary/aromatic N) is 2. The Hall–Kier alpha value is -1.50. The van der Waals surface area contributed by atoms with Crippen molar-refractivity contribution in [3.05, 3.63) is 40.4 Å². The molecule has 6 heteroatoms. The number of ether oxygens (including phenoxy) is 2. The van der Waals surface area contributed by atoms with Crippen molar-refractivity contribution in [2.75, 3.05) is 20.3 Å². The molecule has 1 aromatic carbocycles. The van der Waals surface area contributed by atoms with Crippen LogP contribution in [0.4, 0.5) is 0 Å². The first-order valence-corrected chi connectivity index (χ1v) is 7.82. The molecule has 2 rings (SSSR count). The summed E-state index contributed by atoms with van der Waals surface area (Å²) < 4.78 is 14.8. The van der Waals surface area contributed by atoms with Crippen molar-refractivity contribution in [3.8, 4) is 5.75 Å². The van der Waals surface area contributed by atoms with Crippen LogP contribution in [0.5, 0.6) is 5.75 Å². The van der Waals surface area contributed by atoms with E-state index in [0.717, 1.165) is 34.7 Å². The highest BCUT2D eigenvalue weighted by atomic mass is 32.1. The van der Waals surface area contributed by atoms with E-state index in [4.69, 9.17) is 15.2 Å². The first-order valence-electron chi connectivity index (χ1n) is 7.05. The van der Waals surface area contributed by atoms with Crippen LogP contribution in [0, 0.1) is 0 Å². The summed E-state index contributed by atoms with van der Waals surface area (Å²) in [5, 5.41) is 4.19. The molecule has 0 aliphatic carbocycles. The van der Waals surface area contributed by atoms with Gasteiger partial charge in [-0.25, -0.2) is 0 Å². The third-order valence-electron chi connectivity index (χ3n) is 3.15. The Balaban J connectivity index is 2.21. The fraction of sp³-hybridized carbons (Fsp3) is 0.467. The van der Waals surface area contributed by atoms with E-state index >= 15 is 0 Å². The molecule has 21 heavy (non-hydrogen) atoms. The molecule has 1 heterocycles. The van der Waals surface area contributed by atoms with Gasteiger partial charge in [-0.15, -0.1) is 5.10 Å². The molecule has 0 fully saturated rings. The van der Waals surface area contributed by atoms with Gasteiger partial charge in [-0.05, 0) is 24.0 Å². The van der Waals surface area contributed by atoms with Crippen LogP contribution in [0.15, 0.2) is 24.3 Å². The highest BCUT2D eigenvalue weighted by Crippen LogP contribution is 2.31. The Morgan fingerprint density at radius 2 is 2.10 bits per heavy atom. The fourth-order valence-electron chi connectivity index (χ4n) is 2.11. The van der Waals surface area contributed by atoms with Crippen LogP contribution in [0.3, 0.4) is 0 Å². The maximum Gasteiger partial charge on any atom is 0.124 e. The molecule has 0 spiro atoms. The highest BCUT2D eigenvalue weighted by Gasteiger charge is 2.20. The summed E-state index contributed by atoms with van der Waals surface area (Å²) in [7, 11) is 1.65. The molecule has 0 amide bonds. The number of hydrogen-bond acceptors (Lipinski definition) is 6. The van der Waals surface area contributed by atoms with E-state index in [-0.39, 0.29) is 6.04 Å². The second kappa shape index (κ2) is 8.07. The minimum atomic E-state index is -0.259. The fourth-order valence-corrected chi connectivity index (χ4v) is 2.82. The van der Waals surface area contributed by atoms with Crippen molar-refractivity contribution >= 4 is 11.5 Å². The summed E-state index contributed by atoms with van der Waals surface area (Å²) in [5.74, 6) is 0.790. The number of rotatable bonds is 8. The largest absolute Gasteiger partial charge is 0.491 e. The van der Waals surface area contributed by atoms with Crippen molar-refractivity contribution in [1.82, 2.24) is 9.59 Å². The summed E-state index contributed by atoms with van der Waals surface area (Å²) in [6.07, 6.45) is 1.92. The van der Waals surface area contributed by atoms with E-state index in [1.807, 2.05) is 24.3 Å². The first kappa shape index (κ1) is 15.9. The molecule has 1 aromatic heterocycles. The minimum Gasteiger partial charge on any atom is -0.491 e. The first-order chi connectivity index (χ1) is 10.3. The number of benzene rings is 1. The Labute approximate surface area is 129 Å². The smallest absolute Gasteiger partial charge is 0.124 e. The zero-order chi connectivity index (χ0) is 15.1. The summed E-state index contributed by atoms with van der Waals surface area (Å²) in [6.45, 7) is 3.17. The van der Waals surface area contributed by atoms with Gasteiger partial charge in [0.25, 0.3) is 0 Å². The van der Waals surface area contributed by atoms with Gasteiger partial charge in [-0.2, -0.15) is 0 Å². The summed E-state index contributed by atoms with van der Waals surface area (Å²) in [6, 6.07) is 7.56. The molecule has 0 aliphatic rings. The molecular formula is C15H21N3O2S. The molecule has 0 radical (unpaired) electrons. The molecule has 5 nitrogen and oxygen atoms in total. The molecule has 0 saturated carbocycles. The molecule has 0 bridgehead atoms. The average molecular weight is 307 g/mol. The Kier molecular flexibility index (Phi) is 6.10. The van der Waals surface area contributed by atoms with Crippen LogP contribution in [0.2, 0.25) is 0 Å². The topological polar surface area (TPSA) is 70.3 Å². The summed E-state index contributed by atoms with van der Waals surface area (Å²) in [4.78, 5) is 1.01. The van der Waals surface area contributed by atoms with E-state index < -0.39 is 0 Å². The van der Waals surface area contributed by atoms with Gasteiger partial charge in [-0.3, -0.25) is 0 Å². The van der Waals surface area contributed by atoms with Gasteiger partial charge in [0.1, 0.15) is 12.4 Å². The lowest BCUT2D eigenvalue weighted by Crippen LogP contribution is -2.15. The Morgan fingerprint density at radius 3 is 2.86 bits per heavy atom. The third kappa shape index (κ3) is 4.00. The van der Waals surface area contributed by atoms with E-state index in [0.29, 0.717) is 13.2 Å². The van der Waals surface area contributed by atoms with Gasteiger partial charge in [0.2, 0.25) is 0 Å². The Bertz CT molecular complexity index is 559. The van der Waals surface area contributed by atoms with Gasteiger partial charge < -0.3 is 15.2 Å². The van der Waals surface area contributed by atoms with Gasteiger partial charge in [0, 0.05) is 12.7 Å². The molecule has 1 atom stereocenters. The molecular weight excluding hydrogens is 286 g/mol. The number of aryl methyl sites for hydroxylation is 1. The molecule has 0 aliphatic heterocycles. The molecule has 1 unspecified atom stereocenters. The quantitative estimate of drug-likeness (QED) is 0.759. The second-order valence-electron chi connectivity index (χ2n) is 4.69. The molecule has 114 valence electrons. The van der Waals surface area contributed by atoms with Crippen LogP contribution in [-0.4, -0.2) is 29.9 Å². The van der Waals surface area contributed by atoms with Crippen LogP contribution < -0.4 is 10.5 Å². The lowest BCUT2D eigenvalue weighted by atomic mass is 10.0.